The minimum Gasteiger partial charge on any atom is -0.508 e. The fraction of sp³-hybridized carbons (Fsp3) is 0.462. The molecule has 2 N–H and O–H groups in total. The van der Waals surface area contributed by atoms with E-state index >= 15 is 0 Å². The van der Waals surface area contributed by atoms with Gasteiger partial charge in [-0.3, -0.25) is 4.79 Å². The number of nitrogens with one attached hydrogen (secondary N) is 1. The fourth-order valence-electron chi connectivity index (χ4n) is 1.30. The quantitative estimate of drug-likeness (QED) is 0.561. The third kappa shape index (κ3) is 5.92. The molecule has 1 aromatic rings. The van der Waals surface area contributed by atoms with Crippen LogP contribution in [0.4, 0.5) is 0 Å². The molecule has 0 radical (unpaired) electrons. The number of phenolic OH excluding ortho intramolecular Hbond substituents is 1. The lowest BCUT2D eigenvalue weighted by Gasteiger charge is -2.06. The molecule has 1 rings (SSSR count). The van der Waals surface area contributed by atoms with Gasteiger partial charge in [-0.25, -0.2) is 0 Å². The zero-order valence-corrected chi connectivity index (χ0v) is 10.1. The van der Waals surface area contributed by atoms with Crippen LogP contribution in [-0.4, -0.2) is 24.2 Å². The van der Waals surface area contributed by atoms with Gasteiger partial charge in [0.1, 0.15) is 5.75 Å². The van der Waals surface area contributed by atoms with Gasteiger partial charge in [0.2, 0.25) is 0 Å². The Kier molecular flexibility index (Phi) is 6.10. The summed E-state index contributed by atoms with van der Waals surface area (Å²) in [6, 6.07) is 6.86. The molecule has 0 amide bonds. The standard InChI is InChI=1S/C13H19NO3/c1-2-3-8-17-13(16)10-14-9-11-4-6-12(15)7-5-11/h4-7,14-15H,2-3,8-10H2,1H3. The van der Waals surface area contributed by atoms with E-state index < -0.39 is 0 Å². The first-order valence-corrected chi connectivity index (χ1v) is 5.86. The van der Waals surface area contributed by atoms with Gasteiger partial charge in [-0.15, -0.1) is 0 Å². The van der Waals surface area contributed by atoms with Crippen molar-refractivity contribution in [2.45, 2.75) is 26.3 Å². The minimum atomic E-state index is -0.225. The molecule has 4 heteroatoms. The predicted molar refractivity (Wildman–Crippen MR) is 65.7 cm³/mol. The van der Waals surface area contributed by atoms with Gasteiger partial charge in [0.25, 0.3) is 0 Å². The molecule has 0 aliphatic carbocycles. The van der Waals surface area contributed by atoms with E-state index in [1.807, 2.05) is 12.1 Å². The number of hydrogen-bond acceptors (Lipinski definition) is 4. The third-order valence-electron chi connectivity index (χ3n) is 2.30. The van der Waals surface area contributed by atoms with Crippen LogP contribution in [-0.2, 0) is 16.1 Å². The van der Waals surface area contributed by atoms with Gasteiger partial charge >= 0.3 is 5.97 Å². The van der Waals surface area contributed by atoms with Gasteiger partial charge in [-0.2, -0.15) is 0 Å². The lowest BCUT2D eigenvalue weighted by molar-refractivity contribution is -0.142. The molecule has 17 heavy (non-hydrogen) atoms. The van der Waals surface area contributed by atoms with Crippen molar-refractivity contribution < 1.29 is 14.6 Å². The fourth-order valence-corrected chi connectivity index (χ4v) is 1.30. The Bertz CT molecular complexity index is 335. The third-order valence-corrected chi connectivity index (χ3v) is 2.30. The van der Waals surface area contributed by atoms with Crippen molar-refractivity contribution in [2.24, 2.45) is 0 Å². The summed E-state index contributed by atoms with van der Waals surface area (Å²) in [5.74, 6) is 0.0185. The van der Waals surface area contributed by atoms with Crippen molar-refractivity contribution in [3.8, 4) is 5.75 Å². The molecule has 0 saturated carbocycles. The lowest BCUT2D eigenvalue weighted by atomic mass is 10.2. The second-order valence-corrected chi connectivity index (χ2v) is 3.84. The van der Waals surface area contributed by atoms with Crippen LogP contribution in [0, 0.1) is 0 Å². The molecule has 0 fully saturated rings. The van der Waals surface area contributed by atoms with Crippen LogP contribution in [0.15, 0.2) is 24.3 Å². The summed E-state index contributed by atoms with van der Waals surface area (Å²) in [6.07, 6.45) is 1.93. The first kappa shape index (κ1) is 13.5. The summed E-state index contributed by atoms with van der Waals surface area (Å²) in [5.41, 5.74) is 1.02. The zero-order chi connectivity index (χ0) is 12.5. The van der Waals surface area contributed by atoms with E-state index in [0.717, 1.165) is 18.4 Å². The molecule has 94 valence electrons. The molecule has 0 aromatic heterocycles. The zero-order valence-electron chi connectivity index (χ0n) is 10.1. The number of phenols is 1. The van der Waals surface area contributed by atoms with Crippen LogP contribution >= 0.6 is 0 Å². The molecular weight excluding hydrogens is 218 g/mol. The summed E-state index contributed by atoms with van der Waals surface area (Å²) in [7, 11) is 0. The van der Waals surface area contributed by atoms with Crippen LogP contribution in [0.25, 0.3) is 0 Å². The maximum absolute atomic E-state index is 11.2. The highest BCUT2D eigenvalue weighted by Crippen LogP contribution is 2.08. The van der Waals surface area contributed by atoms with Crippen LogP contribution in [0.2, 0.25) is 0 Å². The predicted octanol–water partition coefficient (Wildman–Crippen LogP) is 1.83. The van der Waals surface area contributed by atoms with Crippen LogP contribution in [0.1, 0.15) is 25.3 Å². The van der Waals surface area contributed by atoms with Crippen molar-refractivity contribution in [1.29, 1.82) is 0 Å². The highest BCUT2D eigenvalue weighted by atomic mass is 16.5. The number of ether oxygens (including phenoxy) is 1. The number of carbonyl (C=O) groups is 1. The summed E-state index contributed by atoms with van der Waals surface area (Å²) in [4.78, 5) is 11.2. The molecule has 0 aliphatic heterocycles. The first-order chi connectivity index (χ1) is 8.22. The minimum absolute atomic E-state index is 0.213. The van der Waals surface area contributed by atoms with E-state index in [-0.39, 0.29) is 18.3 Å². The smallest absolute Gasteiger partial charge is 0.319 e. The van der Waals surface area contributed by atoms with Crippen molar-refractivity contribution in [1.82, 2.24) is 5.32 Å². The van der Waals surface area contributed by atoms with E-state index in [1.165, 1.54) is 0 Å². The molecule has 0 bridgehead atoms. The topological polar surface area (TPSA) is 58.6 Å². The van der Waals surface area contributed by atoms with Gasteiger partial charge in [0.05, 0.1) is 13.2 Å². The van der Waals surface area contributed by atoms with E-state index in [0.29, 0.717) is 13.2 Å². The Hall–Kier alpha value is -1.55. The molecule has 4 nitrogen and oxygen atoms in total. The summed E-state index contributed by atoms with van der Waals surface area (Å²) >= 11 is 0. The molecule has 0 unspecified atom stereocenters. The molecular formula is C13H19NO3. The van der Waals surface area contributed by atoms with E-state index in [2.05, 4.69) is 12.2 Å². The molecule has 0 heterocycles. The maximum Gasteiger partial charge on any atom is 0.319 e. The van der Waals surface area contributed by atoms with E-state index in [1.54, 1.807) is 12.1 Å². The Morgan fingerprint density at radius 2 is 2.06 bits per heavy atom. The van der Waals surface area contributed by atoms with Gasteiger partial charge in [0, 0.05) is 6.54 Å². The van der Waals surface area contributed by atoms with Crippen molar-refractivity contribution in [3.63, 3.8) is 0 Å². The highest BCUT2D eigenvalue weighted by molar-refractivity contribution is 5.71. The van der Waals surface area contributed by atoms with Gasteiger partial charge in [-0.1, -0.05) is 25.5 Å². The Morgan fingerprint density at radius 3 is 2.71 bits per heavy atom. The van der Waals surface area contributed by atoms with Gasteiger partial charge in [-0.05, 0) is 24.1 Å². The van der Waals surface area contributed by atoms with Crippen LogP contribution < -0.4 is 5.32 Å². The van der Waals surface area contributed by atoms with Crippen molar-refractivity contribution >= 4 is 5.97 Å². The average molecular weight is 237 g/mol. The van der Waals surface area contributed by atoms with E-state index in [9.17, 15) is 4.79 Å². The number of carbonyl (C=O) groups excluding carboxylic acids is 1. The van der Waals surface area contributed by atoms with Gasteiger partial charge < -0.3 is 15.2 Å². The number of aromatic hydroxyl groups is 1. The average Bonchev–Trinajstić information content (AvgIpc) is 2.32. The molecule has 0 aliphatic rings. The first-order valence-electron chi connectivity index (χ1n) is 5.86. The number of benzene rings is 1. The molecule has 0 saturated heterocycles. The van der Waals surface area contributed by atoms with Gasteiger partial charge in [0.15, 0.2) is 0 Å². The lowest BCUT2D eigenvalue weighted by Crippen LogP contribution is -2.24. The normalized spacial score (nSPS) is 10.2. The second kappa shape index (κ2) is 7.68. The second-order valence-electron chi connectivity index (χ2n) is 3.84. The number of unbranched alkanes of at least 4 members (excludes halogenated alkanes) is 1. The Balaban J connectivity index is 2.14. The SMILES string of the molecule is CCCCOC(=O)CNCc1ccc(O)cc1. The summed E-state index contributed by atoms with van der Waals surface area (Å²) in [6.45, 7) is 3.35. The largest absolute Gasteiger partial charge is 0.508 e. The Morgan fingerprint density at radius 1 is 1.35 bits per heavy atom. The van der Waals surface area contributed by atoms with Crippen molar-refractivity contribution in [3.05, 3.63) is 29.8 Å². The molecule has 1 aromatic carbocycles. The summed E-state index contributed by atoms with van der Waals surface area (Å²) in [5, 5.41) is 12.1. The molecule has 0 atom stereocenters. The molecule has 0 spiro atoms. The summed E-state index contributed by atoms with van der Waals surface area (Å²) < 4.78 is 5.00. The maximum atomic E-state index is 11.2. The monoisotopic (exact) mass is 237 g/mol. The van der Waals surface area contributed by atoms with E-state index in [4.69, 9.17) is 9.84 Å². The highest BCUT2D eigenvalue weighted by Gasteiger charge is 2.01. The van der Waals surface area contributed by atoms with Crippen molar-refractivity contribution in [2.75, 3.05) is 13.2 Å². The number of rotatable bonds is 7. The number of hydrogen-bond donors (Lipinski definition) is 2. The van der Waals surface area contributed by atoms with Crippen LogP contribution in [0.5, 0.6) is 5.75 Å². The number of esters is 1. The van der Waals surface area contributed by atoms with Crippen LogP contribution in [0.3, 0.4) is 0 Å². The Labute approximate surface area is 102 Å².